The highest BCUT2D eigenvalue weighted by Crippen LogP contribution is 2.34. The van der Waals surface area contributed by atoms with E-state index in [9.17, 15) is 29.1 Å². The molecule has 3 amide bonds. The number of halogens is 1. The number of carboxylic acids is 1. The Hall–Kier alpha value is -3.41. The molecule has 2 atom stereocenters. The number of ether oxygens (including phenoxy) is 1. The van der Waals surface area contributed by atoms with Gasteiger partial charge in [-0.15, -0.1) is 24.2 Å². The summed E-state index contributed by atoms with van der Waals surface area (Å²) >= 11 is 1.41. The number of amides is 3. The number of carbonyl (C=O) groups excluding carboxylic acids is 4. The quantitative estimate of drug-likeness (QED) is 0.236. The van der Waals surface area contributed by atoms with Gasteiger partial charge in [-0.05, 0) is 50.5 Å². The molecule has 2 aromatic carbocycles. The molecule has 208 valence electrons. The van der Waals surface area contributed by atoms with Gasteiger partial charge in [0.25, 0.3) is 11.8 Å². The van der Waals surface area contributed by atoms with E-state index in [1.165, 1.54) is 21.6 Å². The minimum Gasteiger partial charge on any atom is -0.480 e. The highest BCUT2D eigenvalue weighted by atomic mass is 35.5. The van der Waals surface area contributed by atoms with Crippen molar-refractivity contribution < 1.29 is 33.8 Å². The van der Waals surface area contributed by atoms with E-state index >= 15 is 0 Å². The predicted molar refractivity (Wildman–Crippen MR) is 147 cm³/mol. The molecule has 2 aliphatic rings. The van der Waals surface area contributed by atoms with Gasteiger partial charge in [0.05, 0.1) is 29.5 Å². The van der Waals surface area contributed by atoms with Crippen LogP contribution >= 0.6 is 24.2 Å². The zero-order valence-electron chi connectivity index (χ0n) is 21.3. The molecule has 12 heteroatoms. The molecule has 2 aromatic rings. The van der Waals surface area contributed by atoms with Crippen molar-refractivity contribution >= 4 is 59.5 Å². The van der Waals surface area contributed by atoms with Crippen LogP contribution in [0.1, 0.15) is 46.9 Å². The third-order valence-corrected chi connectivity index (χ3v) is 7.55. The van der Waals surface area contributed by atoms with Gasteiger partial charge in [-0.3, -0.25) is 39.1 Å². The third-order valence-electron chi connectivity index (χ3n) is 6.40. The van der Waals surface area contributed by atoms with Crippen LogP contribution in [0.3, 0.4) is 0 Å². The fraction of sp³-hybridized carbons (Fsp3) is 0.370. The Morgan fingerprint density at radius 1 is 1.03 bits per heavy atom. The molecule has 0 saturated heterocycles. The molecule has 0 aliphatic carbocycles. The highest BCUT2D eigenvalue weighted by molar-refractivity contribution is 7.99. The van der Waals surface area contributed by atoms with Gasteiger partial charge < -0.3 is 9.84 Å². The van der Waals surface area contributed by atoms with Crippen molar-refractivity contribution in [2.45, 2.75) is 43.2 Å². The van der Waals surface area contributed by atoms with Gasteiger partial charge in [-0.25, -0.2) is 0 Å². The van der Waals surface area contributed by atoms with Gasteiger partial charge in [0.15, 0.2) is 0 Å². The van der Waals surface area contributed by atoms with E-state index in [1.807, 2.05) is 12.1 Å². The minimum absolute atomic E-state index is 0. The molecule has 2 N–H and O–H groups in total. The van der Waals surface area contributed by atoms with Crippen LogP contribution in [0.15, 0.2) is 53.4 Å². The number of nitrogens with zero attached hydrogens (tertiary/aromatic N) is 2. The second-order valence-corrected chi connectivity index (χ2v) is 9.99. The lowest BCUT2D eigenvalue weighted by Gasteiger charge is -2.27. The Bertz CT molecular complexity index is 1220. The zero-order valence-corrected chi connectivity index (χ0v) is 23.0. The second kappa shape index (κ2) is 13.6. The van der Waals surface area contributed by atoms with E-state index < -0.39 is 36.5 Å². The van der Waals surface area contributed by atoms with Crippen LogP contribution < -0.4 is 10.2 Å². The molecule has 0 unspecified atom stereocenters. The number of fused-ring (bicyclic) bond motifs is 2. The maximum Gasteiger partial charge on any atom is 0.323 e. The molecule has 0 spiro atoms. The number of unbranched alkanes of at least 4 members (excludes halogenated alkanes) is 1. The zero-order chi connectivity index (χ0) is 27.2. The first-order chi connectivity index (χ1) is 18.3. The predicted octanol–water partition coefficient (Wildman–Crippen LogP) is 2.99. The van der Waals surface area contributed by atoms with Crippen LogP contribution in [0.5, 0.6) is 0 Å². The molecule has 0 bridgehead atoms. The summed E-state index contributed by atoms with van der Waals surface area (Å²) in [7, 11) is 0. The number of anilines is 1. The third kappa shape index (κ3) is 6.78. The van der Waals surface area contributed by atoms with Crippen LogP contribution in [-0.4, -0.2) is 77.2 Å². The minimum atomic E-state index is -1.14. The lowest BCUT2D eigenvalue weighted by molar-refractivity contribution is -0.146. The number of esters is 1. The Balaban J connectivity index is 0.00000420. The van der Waals surface area contributed by atoms with Gasteiger partial charge in [0.2, 0.25) is 5.91 Å². The van der Waals surface area contributed by atoms with Crippen molar-refractivity contribution in [3.05, 3.63) is 59.7 Å². The van der Waals surface area contributed by atoms with E-state index in [1.54, 1.807) is 43.3 Å². The molecule has 39 heavy (non-hydrogen) atoms. The fourth-order valence-corrected chi connectivity index (χ4v) is 5.67. The van der Waals surface area contributed by atoms with Crippen molar-refractivity contribution in [1.82, 2.24) is 10.2 Å². The number of thioether (sulfide) groups is 1. The van der Waals surface area contributed by atoms with Gasteiger partial charge in [-0.1, -0.05) is 24.3 Å². The first-order valence-corrected chi connectivity index (χ1v) is 13.4. The summed E-state index contributed by atoms with van der Waals surface area (Å²) in [5.41, 5.74) is 1.29. The van der Waals surface area contributed by atoms with E-state index in [0.29, 0.717) is 41.8 Å². The fourth-order valence-electron chi connectivity index (χ4n) is 4.59. The molecule has 10 nitrogen and oxygen atoms in total. The number of hydrogen-bond donors (Lipinski definition) is 2. The number of aliphatic carboxylic acids is 1. The first kappa shape index (κ1) is 30.1. The molecule has 0 fully saturated rings. The number of carboxylic acid groups (broad SMARTS) is 1. The molecular weight excluding hydrogens is 546 g/mol. The lowest BCUT2D eigenvalue weighted by Crippen LogP contribution is -2.54. The Morgan fingerprint density at radius 2 is 1.67 bits per heavy atom. The van der Waals surface area contributed by atoms with Gasteiger partial charge >= 0.3 is 11.9 Å². The molecule has 0 saturated carbocycles. The number of rotatable bonds is 11. The van der Waals surface area contributed by atoms with Crippen LogP contribution in [0, 0.1) is 0 Å². The van der Waals surface area contributed by atoms with Crippen LogP contribution in [0.2, 0.25) is 0 Å². The van der Waals surface area contributed by atoms with E-state index in [0.717, 1.165) is 4.90 Å². The number of benzene rings is 2. The summed E-state index contributed by atoms with van der Waals surface area (Å²) in [4.78, 5) is 66.1. The highest BCUT2D eigenvalue weighted by Gasteiger charge is 2.36. The molecular formula is C27H30ClN3O7S. The SMILES string of the molecule is CCOC(=O)[C@H](CCCCN1C(=O)c2ccccc2C1=O)N[C@H]1CSc2ccccc2N(CC(=O)O)C1=O.Cl. The van der Waals surface area contributed by atoms with Crippen molar-refractivity contribution in [3.8, 4) is 0 Å². The Labute approximate surface area is 236 Å². The monoisotopic (exact) mass is 575 g/mol. The lowest BCUT2D eigenvalue weighted by atomic mass is 10.1. The molecule has 2 heterocycles. The van der Waals surface area contributed by atoms with E-state index in [2.05, 4.69) is 5.32 Å². The number of carbonyl (C=O) groups is 5. The summed E-state index contributed by atoms with van der Waals surface area (Å²) < 4.78 is 5.23. The Morgan fingerprint density at radius 3 is 2.31 bits per heavy atom. The van der Waals surface area contributed by atoms with Crippen molar-refractivity contribution in [1.29, 1.82) is 0 Å². The van der Waals surface area contributed by atoms with Crippen molar-refractivity contribution in [3.63, 3.8) is 0 Å². The number of para-hydroxylation sites is 1. The summed E-state index contributed by atoms with van der Waals surface area (Å²) in [6, 6.07) is 12.1. The van der Waals surface area contributed by atoms with Crippen molar-refractivity contribution in [2.24, 2.45) is 0 Å². The number of hydrogen-bond acceptors (Lipinski definition) is 8. The van der Waals surface area contributed by atoms with Crippen LogP contribution in [0.25, 0.3) is 0 Å². The maximum absolute atomic E-state index is 13.4. The second-order valence-electron chi connectivity index (χ2n) is 8.92. The molecule has 2 aliphatic heterocycles. The molecule has 0 aromatic heterocycles. The summed E-state index contributed by atoms with van der Waals surface area (Å²) in [5, 5.41) is 12.5. The normalized spacial score (nSPS) is 17.2. The van der Waals surface area contributed by atoms with Gasteiger partial charge in [0.1, 0.15) is 12.6 Å². The molecule has 4 rings (SSSR count). The Kier molecular flexibility index (Phi) is 10.5. The summed E-state index contributed by atoms with van der Waals surface area (Å²) in [5.74, 6) is -2.46. The average molecular weight is 576 g/mol. The number of nitrogens with one attached hydrogen (secondary N) is 1. The van der Waals surface area contributed by atoms with Crippen LogP contribution in [-0.2, 0) is 19.1 Å². The van der Waals surface area contributed by atoms with E-state index in [4.69, 9.17) is 4.74 Å². The van der Waals surface area contributed by atoms with Gasteiger partial charge in [0, 0.05) is 17.2 Å². The average Bonchev–Trinajstić information content (AvgIpc) is 3.07. The van der Waals surface area contributed by atoms with Crippen LogP contribution in [0.4, 0.5) is 5.69 Å². The largest absolute Gasteiger partial charge is 0.480 e. The van der Waals surface area contributed by atoms with Crippen molar-refractivity contribution in [2.75, 3.05) is 30.3 Å². The molecule has 0 radical (unpaired) electrons. The first-order valence-electron chi connectivity index (χ1n) is 12.4. The number of imide groups is 1. The topological polar surface area (TPSA) is 133 Å². The van der Waals surface area contributed by atoms with E-state index in [-0.39, 0.29) is 37.4 Å². The smallest absolute Gasteiger partial charge is 0.323 e. The van der Waals surface area contributed by atoms with Gasteiger partial charge in [-0.2, -0.15) is 0 Å². The summed E-state index contributed by atoms with van der Waals surface area (Å²) in [6.07, 6.45) is 1.26. The standard InChI is InChI=1S/C27H29N3O7S.ClH/c1-2-37-27(36)19(11-7-8-14-29-24(33)17-9-3-4-10-18(17)25(29)34)28-20-16-38-22-13-6-5-12-21(22)30(26(20)35)15-23(31)32;/h3-6,9-10,12-13,19-20,28H,2,7-8,11,14-16H2,1H3,(H,31,32);1H/t19-,20-;/m0./s1. The summed E-state index contributed by atoms with van der Waals surface area (Å²) in [6.45, 7) is 1.56. The maximum atomic E-state index is 13.4.